The predicted octanol–water partition coefficient (Wildman–Crippen LogP) is 2.59. The topological polar surface area (TPSA) is 85.8 Å². The number of carbonyl (C=O) groups excluding carboxylic acids is 1. The average molecular weight is 337 g/mol. The first-order valence-corrected chi connectivity index (χ1v) is 8.31. The lowest BCUT2D eigenvalue weighted by Crippen LogP contribution is -2.23. The van der Waals surface area contributed by atoms with Gasteiger partial charge in [0, 0.05) is 12.1 Å². The van der Waals surface area contributed by atoms with E-state index in [1.54, 1.807) is 6.92 Å². The third-order valence-corrected chi connectivity index (χ3v) is 4.31. The highest BCUT2D eigenvalue weighted by Crippen LogP contribution is 2.22. The number of carbonyl (C=O) groups is 1. The number of nitrogen functional groups attached to an aromatic ring is 1. The zero-order valence-electron chi connectivity index (χ0n) is 13.1. The van der Waals surface area contributed by atoms with Crippen LogP contribution in [0, 0.1) is 5.82 Å². The molecule has 2 aromatic rings. The van der Waals surface area contributed by atoms with Crippen LogP contribution in [0.5, 0.6) is 0 Å². The number of rotatable bonds is 7. The molecule has 8 heteroatoms. The second-order valence-electron chi connectivity index (χ2n) is 5.13. The Morgan fingerprint density at radius 3 is 2.74 bits per heavy atom. The molecule has 0 aliphatic rings. The van der Waals surface area contributed by atoms with Gasteiger partial charge in [0.2, 0.25) is 11.1 Å². The second-order valence-corrected chi connectivity index (χ2v) is 6.44. The fraction of sp³-hybridized carbons (Fsp3) is 0.400. The lowest BCUT2D eigenvalue weighted by molar-refractivity contribution is -0.115. The summed E-state index contributed by atoms with van der Waals surface area (Å²) in [5.41, 5.74) is 0.543. The zero-order valence-corrected chi connectivity index (χ0v) is 13.9. The van der Waals surface area contributed by atoms with Gasteiger partial charge in [-0.05, 0) is 37.6 Å². The molecule has 1 aromatic carbocycles. The predicted molar refractivity (Wildman–Crippen MR) is 89.1 cm³/mol. The molecule has 3 N–H and O–H groups in total. The highest BCUT2D eigenvalue weighted by molar-refractivity contribution is 8.00. The first-order chi connectivity index (χ1) is 11.0. The van der Waals surface area contributed by atoms with Crippen molar-refractivity contribution in [3.05, 3.63) is 35.9 Å². The smallest absolute Gasteiger partial charge is 0.237 e. The first-order valence-electron chi connectivity index (χ1n) is 7.43. The Labute approximate surface area is 138 Å². The minimum atomic E-state index is -0.412. The van der Waals surface area contributed by atoms with Gasteiger partial charge in [-0.25, -0.2) is 9.07 Å². The van der Waals surface area contributed by atoms with Crippen molar-refractivity contribution in [2.24, 2.45) is 0 Å². The molecule has 0 fully saturated rings. The van der Waals surface area contributed by atoms with Crippen LogP contribution in [0.25, 0.3) is 0 Å². The van der Waals surface area contributed by atoms with Gasteiger partial charge in [-0.3, -0.25) is 4.79 Å². The summed E-state index contributed by atoms with van der Waals surface area (Å²) in [6.07, 6.45) is 2.79. The number of halogens is 1. The Kier molecular flexibility index (Phi) is 5.97. The second kappa shape index (κ2) is 7.96. The number of hydrogen-bond acceptors (Lipinski definition) is 5. The van der Waals surface area contributed by atoms with E-state index in [1.807, 2.05) is 0 Å². The molecule has 23 heavy (non-hydrogen) atoms. The summed E-state index contributed by atoms with van der Waals surface area (Å²) >= 11 is 1.23. The monoisotopic (exact) mass is 337 g/mol. The third kappa shape index (κ3) is 4.69. The molecule has 1 heterocycles. The van der Waals surface area contributed by atoms with Crippen molar-refractivity contribution < 1.29 is 9.18 Å². The number of nitrogens with one attached hydrogen (secondary N) is 1. The van der Waals surface area contributed by atoms with Crippen LogP contribution in [0.2, 0.25) is 0 Å². The summed E-state index contributed by atoms with van der Waals surface area (Å²) in [5.74, 6) is 6.11. The molecule has 0 aliphatic heterocycles. The number of aromatic nitrogens is 3. The molecule has 0 saturated carbocycles. The van der Waals surface area contributed by atoms with E-state index in [2.05, 4.69) is 22.4 Å². The van der Waals surface area contributed by atoms with E-state index in [0.29, 0.717) is 16.7 Å². The van der Waals surface area contributed by atoms with Gasteiger partial charge in [-0.1, -0.05) is 25.1 Å². The molecule has 0 radical (unpaired) electrons. The maximum atomic E-state index is 12.9. The van der Waals surface area contributed by atoms with E-state index >= 15 is 0 Å². The standard InChI is InChI=1S/C15H20FN5OS/c1-3-4-5-13-19-20-15(21(13)17)23-10(2)14(22)18-12-8-6-11(16)7-9-12/h6-10H,3-5,17H2,1-2H3,(H,18,22)/t10-/m0/s1. The van der Waals surface area contributed by atoms with Gasteiger partial charge in [0.15, 0.2) is 5.82 Å². The van der Waals surface area contributed by atoms with E-state index in [4.69, 9.17) is 5.84 Å². The third-order valence-electron chi connectivity index (χ3n) is 3.25. The number of unbranched alkanes of at least 4 members (excludes halogenated alkanes) is 1. The number of nitrogens with two attached hydrogens (primary N) is 1. The van der Waals surface area contributed by atoms with Crippen molar-refractivity contribution in [2.45, 2.75) is 43.5 Å². The van der Waals surface area contributed by atoms with E-state index in [9.17, 15) is 9.18 Å². The quantitative estimate of drug-likeness (QED) is 0.599. The molecule has 2 rings (SSSR count). The number of nitrogens with zero attached hydrogens (tertiary/aromatic N) is 3. The van der Waals surface area contributed by atoms with Gasteiger partial charge in [0.1, 0.15) is 5.82 Å². The molecular formula is C15H20FN5OS. The minimum absolute atomic E-state index is 0.209. The molecule has 0 saturated heterocycles. The molecule has 0 spiro atoms. The molecule has 0 bridgehead atoms. The van der Waals surface area contributed by atoms with Crippen molar-refractivity contribution in [2.75, 3.05) is 11.2 Å². The van der Waals surface area contributed by atoms with Gasteiger partial charge in [0.05, 0.1) is 5.25 Å². The highest BCUT2D eigenvalue weighted by Gasteiger charge is 2.19. The van der Waals surface area contributed by atoms with E-state index in [-0.39, 0.29) is 11.7 Å². The largest absolute Gasteiger partial charge is 0.336 e. The van der Waals surface area contributed by atoms with Crippen molar-refractivity contribution in [3.8, 4) is 0 Å². The molecule has 1 amide bonds. The number of hydrogen-bond donors (Lipinski definition) is 2. The fourth-order valence-corrected chi connectivity index (χ4v) is 2.67. The lowest BCUT2D eigenvalue weighted by atomic mass is 10.2. The van der Waals surface area contributed by atoms with Crippen LogP contribution >= 0.6 is 11.8 Å². The highest BCUT2D eigenvalue weighted by atomic mass is 32.2. The minimum Gasteiger partial charge on any atom is -0.336 e. The first kappa shape index (κ1) is 17.3. The number of thioether (sulfide) groups is 1. The Bertz CT molecular complexity index is 658. The number of anilines is 1. The maximum absolute atomic E-state index is 12.9. The molecular weight excluding hydrogens is 317 g/mol. The van der Waals surface area contributed by atoms with Crippen molar-refractivity contribution in [1.82, 2.24) is 14.9 Å². The maximum Gasteiger partial charge on any atom is 0.237 e. The van der Waals surface area contributed by atoms with Crippen molar-refractivity contribution in [1.29, 1.82) is 0 Å². The van der Waals surface area contributed by atoms with Gasteiger partial charge >= 0.3 is 0 Å². The van der Waals surface area contributed by atoms with Crippen LogP contribution < -0.4 is 11.2 Å². The summed E-state index contributed by atoms with van der Waals surface area (Å²) in [7, 11) is 0. The van der Waals surface area contributed by atoms with Gasteiger partial charge in [-0.2, -0.15) is 0 Å². The number of benzene rings is 1. The average Bonchev–Trinajstić information content (AvgIpc) is 2.88. The number of aryl methyl sites for hydroxylation is 1. The molecule has 1 atom stereocenters. The summed E-state index contributed by atoms with van der Waals surface area (Å²) in [5, 5.41) is 10.9. The van der Waals surface area contributed by atoms with Crippen LogP contribution in [0.15, 0.2) is 29.4 Å². The van der Waals surface area contributed by atoms with E-state index < -0.39 is 5.25 Å². The summed E-state index contributed by atoms with van der Waals surface area (Å²) in [4.78, 5) is 12.2. The summed E-state index contributed by atoms with van der Waals surface area (Å²) < 4.78 is 14.3. The molecule has 1 aromatic heterocycles. The van der Waals surface area contributed by atoms with Gasteiger partial charge < -0.3 is 11.2 Å². The summed E-state index contributed by atoms with van der Waals surface area (Å²) in [6.45, 7) is 3.85. The molecule has 124 valence electrons. The Hall–Kier alpha value is -2.09. The van der Waals surface area contributed by atoms with Crippen LogP contribution in [0.3, 0.4) is 0 Å². The summed E-state index contributed by atoms with van der Waals surface area (Å²) in [6, 6.07) is 5.62. The van der Waals surface area contributed by atoms with E-state index in [0.717, 1.165) is 19.3 Å². The molecule has 0 unspecified atom stereocenters. The van der Waals surface area contributed by atoms with Gasteiger partial charge in [0.25, 0.3) is 0 Å². The Morgan fingerprint density at radius 2 is 2.09 bits per heavy atom. The SMILES string of the molecule is CCCCc1nnc(S[C@@H](C)C(=O)Nc2ccc(F)cc2)n1N. The Balaban J connectivity index is 1.95. The van der Waals surface area contributed by atoms with Crippen LogP contribution in [-0.4, -0.2) is 26.0 Å². The van der Waals surface area contributed by atoms with Gasteiger partial charge in [-0.15, -0.1) is 10.2 Å². The van der Waals surface area contributed by atoms with Crippen molar-refractivity contribution >= 4 is 23.4 Å². The van der Waals surface area contributed by atoms with Crippen LogP contribution in [-0.2, 0) is 11.2 Å². The fourth-order valence-electron chi connectivity index (χ4n) is 1.88. The van der Waals surface area contributed by atoms with Crippen LogP contribution in [0.4, 0.5) is 10.1 Å². The van der Waals surface area contributed by atoms with Crippen LogP contribution in [0.1, 0.15) is 32.5 Å². The normalized spacial score (nSPS) is 12.1. The van der Waals surface area contributed by atoms with Crippen molar-refractivity contribution in [3.63, 3.8) is 0 Å². The zero-order chi connectivity index (χ0) is 16.8. The van der Waals surface area contributed by atoms with E-state index in [1.165, 1.54) is 40.7 Å². The number of amides is 1. The lowest BCUT2D eigenvalue weighted by Gasteiger charge is -2.11. The molecule has 0 aliphatic carbocycles. The Morgan fingerprint density at radius 1 is 1.39 bits per heavy atom. The molecule has 6 nitrogen and oxygen atoms in total.